The molecule has 2 aliphatic rings. The zero-order chi connectivity index (χ0) is 8.93. The highest BCUT2D eigenvalue weighted by Gasteiger charge is 2.10. The lowest BCUT2D eigenvalue weighted by Crippen LogP contribution is -2.25. The molecule has 0 unspecified atom stereocenters. The van der Waals surface area contributed by atoms with Gasteiger partial charge in [-0.25, -0.2) is 0 Å². The van der Waals surface area contributed by atoms with Crippen molar-refractivity contribution >= 4 is 0 Å². The summed E-state index contributed by atoms with van der Waals surface area (Å²) >= 11 is 0. The highest BCUT2D eigenvalue weighted by molar-refractivity contribution is 5.10. The van der Waals surface area contributed by atoms with Crippen molar-refractivity contribution in [3.8, 4) is 0 Å². The maximum Gasteiger partial charge on any atom is 0.0165 e. The van der Waals surface area contributed by atoms with E-state index in [1.165, 1.54) is 64.6 Å². The van der Waals surface area contributed by atoms with E-state index in [4.69, 9.17) is 0 Å². The van der Waals surface area contributed by atoms with Gasteiger partial charge in [-0.05, 0) is 45.2 Å². The van der Waals surface area contributed by atoms with E-state index in [0.29, 0.717) is 0 Å². The lowest BCUT2D eigenvalue weighted by Gasteiger charge is -2.21. The second-order valence-electron chi connectivity index (χ2n) is 4.43. The van der Waals surface area contributed by atoms with Crippen molar-refractivity contribution in [2.24, 2.45) is 0 Å². The lowest BCUT2D eigenvalue weighted by atomic mass is 9.92. The predicted molar refractivity (Wildman–Crippen MR) is 56.8 cm³/mol. The van der Waals surface area contributed by atoms with Crippen molar-refractivity contribution in [3.05, 3.63) is 11.6 Å². The minimum Gasteiger partial charge on any atom is -0.300 e. The van der Waals surface area contributed by atoms with Gasteiger partial charge in [0, 0.05) is 6.54 Å². The monoisotopic (exact) mass is 179 g/mol. The van der Waals surface area contributed by atoms with E-state index in [-0.39, 0.29) is 0 Å². The topological polar surface area (TPSA) is 3.24 Å². The summed E-state index contributed by atoms with van der Waals surface area (Å²) in [5.41, 5.74) is 1.71. The zero-order valence-electron chi connectivity index (χ0n) is 8.60. The van der Waals surface area contributed by atoms with E-state index in [2.05, 4.69) is 11.0 Å². The van der Waals surface area contributed by atoms with Gasteiger partial charge in [0.15, 0.2) is 0 Å². The summed E-state index contributed by atoms with van der Waals surface area (Å²) in [7, 11) is 0. The summed E-state index contributed by atoms with van der Waals surface area (Å²) < 4.78 is 0. The summed E-state index contributed by atoms with van der Waals surface area (Å²) in [4.78, 5) is 2.62. The van der Waals surface area contributed by atoms with E-state index < -0.39 is 0 Å². The van der Waals surface area contributed by atoms with Gasteiger partial charge in [-0.3, -0.25) is 4.90 Å². The third-order valence-electron chi connectivity index (χ3n) is 3.33. The SMILES string of the molecule is C(CN1CCCCCC1)=C1CCC1. The lowest BCUT2D eigenvalue weighted by molar-refractivity contribution is 0.314. The van der Waals surface area contributed by atoms with Crippen LogP contribution in [0.25, 0.3) is 0 Å². The first kappa shape index (κ1) is 9.26. The number of allylic oxidation sites excluding steroid dienone is 1. The van der Waals surface area contributed by atoms with Crippen molar-refractivity contribution in [2.75, 3.05) is 19.6 Å². The van der Waals surface area contributed by atoms with Crippen molar-refractivity contribution in [1.82, 2.24) is 4.90 Å². The smallest absolute Gasteiger partial charge is 0.0165 e. The van der Waals surface area contributed by atoms with Crippen molar-refractivity contribution < 1.29 is 0 Å². The van der Waals surface area contributed by atoms with Crippen molar-refractivity contribution in [1.29, 1.82) is 0 Å². The Labute approximate surface area is 81.8 Å². The Bertz CT molecular complexity index is 170. The van der Waals surface area contributed by atoms with Crippen LogP contribution in [-0.4, -0.2) is 24.5 Å². The molecule has 1 saturated heterocycles. The maximum atomic E-state index is 2.62. The average Bonchev–Trinajstić information content (AvgIpc) is 2.30. The first-order chi connectivity index (χ1) is 6.45. The number of nitrogens with zero attached hydrogens (tertiary/aromatic N) is 1. The van der Waals surface area contributed by atoms with E-state index in [1.807, 2.05) is 0 Å². The molecular formula is C12H21N. The highest BCUT2D eigenvalue weighted by atomic mass is 15.1. The Morgan fingerprint density at radius 1 is 0.923 bits per heavy atom. The van der Waals surface area contributed by atoms with Crippen LogP contribution in [0.1, 0.15) is 44.9 Å². The fourth-order valence-electron chi connectivity index (χ4n) is 2.16. The second kappa shape index (κ2) is 4.80. The average molecular weight is 179 g/mol. The largest absolute Gasteiger partial charge is 0.300 e. The fourth-order valence-corrected chi connectivity index (χ4v) is 2.16. The van der Waals surface area contributed by atoms with Gasteiger partial charge < -0.3 is 0 Å². The summed E-state index contributed by atoms with van der Waals surface area (Å²) in [6, 6.07) is 0. The van der Waals surface area contributed by atoms with E-state index in [0.717, 1.165) is 0 Å². The minimum absolute atomic E-state index is 1.23. The molecule has 2 rings (SSSR count). The molecule has 0 aromatic rings. The van der Waals surface area contributed by atoms with Crippen LogP contribution in [0.5, 0.6) is 0 Å². The quantitative estimate of drug-likeness (QED) is 0.589. The van der Waals surface area contributed by atoms with Gasteiger partial charge in [0.2, 0.25) is 0 Å². The third kappa shape index (κ3) is 2.84. The molecule has 1 heterocycles. The molecule has 1 aliphatic heterocycles. The molecular weight excluding hydrogens is 158 g/mol. The second-order valence-corrected chi connectivity index (χ2v) is 4.43. The Hall–Kier alpha value is -0.300. The molecule has 74 valence electrons. The zero-order valence-corrected chi connectivity index (χ0v) is 8.60. The van der Waals surface area contributed by atoms with E-state index in [9.17, 15) is 0 Å². The maximum absolute atomic E-state index is 2.62. The number of rotatable bonds is 2. The summed E-state index contributed by atoms with van der Waals surface area (Å²) in [5.74, 6) is 0. The molecule has 0 amide bonds. The van der Waals surface area contributed by atoms with Gasteiger partial charge >= 0.3 is 0 Å². The molecule has 0 radical (unpaired) electrons. The Kier molecular flexibility index (Phi) is 3.42. The van der Waals surface area contributed by atoms with Gasteiger partial charge in [-0.15, -0.1) is 0 Å². The molecule has 0 aromatic carbocycles. The van der Waals surface area contributed by atoms with Gasteiger partial charge in [-0.1, -0.05) is 24.5 Å². The van der Waals surface area contributed by atoms with E-state index in [1.54, 1.807) is 5.57 Å². The van der Waals surface area contributed by atoms with Crippen LogP contribution in [0.4, 0.5) is 0 Å². The molecule has 1 aliphatic carbocycles. The molecule has 1 nitrogen and oxygen atoms in total. The number of hydrogen-bond acceptors (Lipinski definition) is 1. The molecule has 0 N–H and O–H groups in total. The molecule has 1 heteroatoms. The van der Waals surface area contributed by atoms with Crippen LogP contribution in [0.2, 0.25) is 0 Å². The molecule has 0 bridgehead atoms. The first-order valence-corrected chi connectivity index (χ1v) is 5.85. The van der Waals surface area contributed by atoms with Gasteiger partial charge in [-0.2, -0.15) is 0 Å². The molecule has 1 saturated carbocycles. The molecule has 0 spiro atoms. The molecule has 13 heavy (non-hydrogen) atoms. The summed E-state index contributed by atoms with van der Waals surface area (Å²) in [6.45, 7) is 3.91. The van der Waals surface area contributed by atoms with Crippen LogP contribution in [0.15, 0.2) is 11.6 Å². The van der Waals surface area contributed by atoms with Gasteiger partial charge in [0.25, 0.3) is 0 Å². The number of likely N-dealkylation sites (tertiary alicyclic amines) is 1. The van der Waals surface area contributed by atoms with Crippen LogP contribution in [-0.2, 0) is 0 Å². The van der Waals surface area contributed by atoms with Crippen LogP contribution in [0.3, 0.4) is 0 Å². The van der Waals surface area contributed by atoms with Crippen molar-refractivity contribution in [3.63, 3.8) is 0 Å². The fraction of sp³-hybridized carbons (Fsp3) is 0.833. The molecule has 0 aromatic heterocycles. The van der Waals surface area contributed by atoms with Crippen LogP contribution in [0, 0.1) is 0 Å². The summed E-state index contributed by atoms with van der Waals surface area (Å²) in [5, 5.41) is 0. The Morgan fingerprint density at radius 2 is 1.62 bits per heavy atom. The minimum atomic E-state index is 1.23. The number of hydrogen-bond donors (Lipinski definition) is 0. The molecule has 2 fully saturated rings. The summed E-state index contributed by atoms with van der Waals surface area (Å²) in [6.07, 6.45) is 12.4. The van der Waals surface area contributed by atoms with Gasteiger partial charge in [0.1, 0.15) is 0 Å². The Balaban J connectivity index is 1.72. The highest BCUT2D eigenvalue weighted by Crippen LogP contribution is 2.25. The van der Waals surface area contributed by atoms with Crippen molar-refractivity contribution in [2.45, 2.75) is 44.9 Å². The Morgan fingerprint density at radius 3 is 2.15 bits per heavy atom. The standard InChI is InChI=1S/C12H21N/c1-2-4-10-13(9-3-1)11-8-12-6-5-7-12/h8H,1-7,9-11H2. The normalized spacial score (nSPS) is 25.1. The first-order valence-electron chi connectivity index (χ1n) is 5.85. The molecule has 0 atom stereocenters. The van der Waals surface area contributed by atoms with E-state index >= 15 is 0 Å². The van der Waals surface area contributed by atoms with Crippen LogP contribution < -0.4 is 0 Å². The van der Waals surface area contributed by atoms with Crippen LogP contribution >= 0.6 is 0 Å². The van der Waals surface area contributed by atoms with Gasteiger partial charge in [0.05, 0.1) is 0 Å². The predicted octanol–water partition coefficient (Wildman–Crippen LogP) is 2.97. The third-order valence-corrected chi connectivity index (χ3v) is 3.33.